The maximum Gasteiger partial charge on any atom is 0.276 e. The number of Topliss-reactive ketones (excluding diaryl/α,β-unsaturated/α-hetero) is 1. The van der Waals surface area contributed by atoms with Crippen LogP contribution < -0.4 is 42.1 Å². The van der Waals surface area contributed by atoms with Crippen molar-refractivity contribution in [2.24, 2.45) is 44.7 Å². The third kappa shape index (κ3) is 11.8. The molecule has 0 radical (unpaired) electrons. The first-order chi connectivity index (χ1) is 44.3. The van der Waals surface area contributed by atoms with E-state index in [1.807, 2.05) is 24.9 Å². The first kappa shape index (κ1) is 67.3. The molecule has 93 heavy (non-hydrogen) atoms. The number of likely N-dealkylation sites (N-methyl/N-ethyl adjacent to an activating group) is 1. The molecule has 1 aromatic heterocycles. The van der Waals surface area contributed by atoms with Crippen LogP contribution in [0.1, 0.15) is 134 Å². The van der Waals surface area contributed by atoms with Gasteiger partial charge in [-0.2, -0.15) is 5.10 Å². The quantitative estimate of drug-likeness (QED) is 0.0126. The minimum absolute atomic E-state index is 0.0428. The molecule has 7 aliphatic rings. The van der Waals surface area contributed by atoms with Gasteiger partial charge in [-0.3, -0.25) is 43.6 Å². The first-order valence-corrected chi connectivity index (χ1v) is 34.3. The van der Waals surface area contributed by atoms with Gasteiger partial charge in [0.25, 0.3) is 5.91 Å². The monoisotopic (exact) mass is 1290 g/mol. The molecule has 11 N–H and O–H groups in total. The first-order valence-electron chi connectivity index (χ1n) is 33.2. The average Bonchev–Trinajstić information content (AvgIpc) is 1.52. The zero-order valence-electron chi connectivity index (χ0n) is 55.2. The molecular weight excluding hydrogens is 1200 g/mol. The Balaban J connectivity index is 0.806. The molecule has 3 saturated heterocycles. The van der Waals surface area contributed by atoms with Gasteiger partial charge in [0.2, 0.25) is 23.6 Å². The number of carbonyl (C=O) groups is 6. The predicted molar refractivity (Wildman–Crippen MR) is 361 cm³/mol. The third-order valence-electron chi connectivity index (χ3n) is 21.9. The van der Waals surface area contributed by atoms with Crippen molar-refractivity contribution in [1.29, 1.82) is 0 Å². The fraction of sp³-hybridized carbons (Fsp3) is 0.571. The summed E-state index contributed by atoms with van der Waals surface area (Å²) in [5, 5.41) is 49.7. The van der Waals surface area contributed by atoms with E-state index in [-0.39, 0.29) is 73.3 Å². The van der Waals surface area contributed by atoms with E-state index >= 15 is 4.79 Å². The second-order valence-corrected chi connectivity index (χ2v) is 29.2. The van der Waals surface area contributed by atoms with Gasteiger partial charge in [0.05, 0.1) is 41.4 Å². The molecule has 2 unspecified atom stereocenters. The number of benzene rings is 3. The van der Waals surface area contributed by atoms with E-state index in [0.717, 1.165) is 58.9 Å². The number of aliphatic hydroxyl groups excluding tert-OH is 1. The largest absolute Gasteiger partial charge is 0.496 e. The number of methoxy groups -OCH3 is 1. The summed E-state index contributed by atoms with van der Waals surface area (Å²) in [5.74, 6) is -2.54. The van der Waals surface area contributed by atoms with Crippen molar-refractivity contribution in [2.75, 3.05) is 75.5 Å². The second kappa shape index (κ2) is 26.2. The standard InChI is InChI=1S/C70H94N12O10S/c1-10-67(90)37-43-36-66(7,57-47(23-29-80(38-43)39-67)46-16-12-13-17-50(46)75-57)49-33-48-52(34-54(49)92-9)79(8)62-69(48)25-30-81-28-15-24-68(11-2,61(69)81)63(88)70(62,91)64(89)78-77-42(6)44-19-21-45(22-20-44)82-56(84)35-55(60(82)87)93-31-27-73-59(86)41(5)32-53(83)51(76-58(85)40(3)4)18-14-26-74-65(71)72/h12-13,15-17,19-22,24,33-34,40-41,43,51,55,61-63,75,88,90-91H,10-11,14,18,23,25-32,35-39H2,1-9H3,(H,73,86)(H,76,85)(H,78,89)(H4,71,72,74)/b77-42-/t41-,43+,51+,55?,61+,62-,63-,66-,67+,68-,69-,70+/m1/s1. The van der Waals surface area contributed by atoms with Crippen LogP contribution in [-0.2, 0) is 46.0 Å². The number of piperidine rings is 1. The zero-order valence-corrected chi connectivity index (χ0v) is 56.0. The molecule has 4 aromatic rings. The number of rotatable bonds is 22. The van der Waals surface area contributed by atoms with E-state index in [0.29, 0.717) is 86.6 Å². The number of nitrogens with one attached hydrogen (secondary N) is 4. The normalized spacial score (nSPS) is 30.4. The van der Waals surface area contributed by atoms with Crippen LogP contribution in [0.15, 0.2) is 82.9 Å². The van der Waals surface area contributed by atoms with Crippen molar-refractivity contribution in [1.82, 2.24) is 30.8 Å². The van der Waals surface area contributed by atoms with Crippen LogP contribution in [0.2, 0.25) is 0 Å². The number of hydrazone groups is 1. The van der Waals surface area contributed by atoms with Gasteiger partial charge in [-0.15, -0.1) is 11.8 Å². The Bertz CT molecular complexity index is 3660. The topological polar surface area (TPSA) is 314 Å². The maximum absolute atomic E-state index is 15.5. The number of nitrogens with zero attached hydrogens (tertiary/aromatic N) is 6. The molecule has 23 heteroatoms. The van der Waals surface area contributed by atoms with Crippen molar-refractivity contribution in [3.8, 4) is 5.75 Å². The molecule has 2 bridgehead atoms. The number of H-pyrrole nitrogens is 1. The highest BCUT2D eigenvalue weighted by molar-refractivity contribution is 8.00. The number of ether oxygens (including phenoxy) is 1. The highest BCUT2D eigenvalue weighted by atomic mass is 32.2. The summed E-state index contributed by atoms with van der Waals surface area (Å²) < 4.78 is 6.52. The number of hydrogen-bond acceptors (Lipinski definition) is 16. The Hall–Kier alpha value is -7.15. The number of hydrogen-bond donors (Lipinski definition) is 9. The minimum atomic E-state index is -2.42. The van der Waals surface area contributed by atoms with Crippen molar-refractivity contribution < 1.29 is 48.8 Å². The fourth-order valence-electron chi connectivity index (χ4n) is 17.3. The molecule has 22 nitrogen and oxygen atoms in total. The van der Waals surface area contributed by atoms with Gasteiger partial charge >= 0.3 is 0 Å². The summed E-state index contributed by atoms with van der Waals surface area (Å²) in [7, 11) is 3.60. The van der Waals surface area contributed by atoms with E-state index in [9.17, 15) is 39.3 Å². The Morgan fingerprint density at radius 1 is 0.957 bits per heavy atom. The lowest BCUT2D eigenvalue weighted by molar-refractivity contribution is -0.203. The lowest BCUT2D eigenvalue weighted by atomic mass is 9.47. The summed E-state index contributed by atoms with van der Waals surface area (Å²) in [6.07, 6.45) is 7.00. The minimum Gasteiger partial charge on any atom is -0.496 e. The molecule has 1 saturated carbocycles. The number of thioether (sulfide) groups is 1. The van der Waals surface area contributed by atoms with Crippen LogP contribution in [0.25, 0.3) is 10.9 Å². The number of guanidine groups is 1. The summed E-state index contributed by atoms with van der Waals surface area (Å²) >= 11 is 1.25. The van der Waals surface area contributed by atoms with Crippen molar-refractivity contribution in [3.05, 3.63) is 101 Å². The van der Waals surface area contributed by atoms with E-state index in [4.69, 9.17) is 16.2 Å². The number of anilines is 2. The van der Waals surface area contributed by atoms with Crippen LogP contribution in [0, 0.1) is 23.2 Å². The second-order valence-electron chi connectivity index (χ2n) is 27.9. The van der Waals surface area contributed by atoms with Crippen LogP contribution in [0.5, 0.6) is 5.75 Å². The van der Waals surface area contributed by atoms with Gasteiger partial charge in [-0.25, -0.2) is 10.3 Å². The molecule has 500 valence electrons. The highest BCUT2D eigenvalue weighted by Crippen LogP contribution is 2.67. The number of carbonyl (C=O) groups excluding carboxylic acids is 6. The molecule has 7 heterocycles. The highest BCUT2D eigenvalue weighted by Gasteiger charge is 2.79. The molecule has 3 aromatic carbocycles. The van der Waals surface area contributed by atoms with Crippen LogP contribution in [0.3, 0.4) is 0 Å². The Morgan fingerprint density at radius 2 is 1.71 bits per heavy atom. The van der Waals surface area contributed by atoms with Gasteiger partial charge in [0, 0.05) is 133 Å². The molecule has 1 spiro atoms. The Kier molecular flexibility index (Phi) is 19.0. The fourth-order valence-corrected chi connectivity index (χ4v) is 18.3. The van der Waals surface area contributed by atoms with E-state index in [2.05, 4.69) is 97.3 Å². The van der Waals surface area contributed by atoms with Gasteiger partial charge in [0.1, 0.15) is 11.9 Å². The van der Waals surface area contributed by atoms with Crippen molar-refractivity contribution in [2.45, 2.75) is 164 Å². The summed E-state index contributed by atoms with van der Waals surface area (Å²) in [4.78, 5) is 97.7. The molecule has 4 fully saturated rings. The number of nitrogens with two attached hydrogens (primary N) is 2. The SMILES string of the molecule is CC[C@]1(O)C[C@H]2CN(CCc3c([nH]c4ccccc34)[C@@](C)(c3cc4c(cc3OC)N(C)[C@H]3[C@@](O)(C(=O)N/N=C(/C)c5ccc(N6C(=O)CC(SCCNC(=O)[C@H](C)CC(=O)[C@H](CCCN=C(N)N)NC(=O)C(C)C)C6=O)cc5)[C@H](O)[C@]5(CC)C=CCN6CC[C@]43[C@@H]65)C2)C1. The van der Waals surface area contributed by atoms with Crippen LogP contribution >= 0.6 is 11.8 Å². The smallest absolute Gasteiger partial charge is 0.276 e. The zero-order chi connectivity index (χ0) is 66.7. The van der Waals surface area contributed by atoms with Gasteiger partial charge < -0.3 is 52.0 Å². The van der Waals surface area contributed by atoms with Gasteiger partial charge in [0.15, 0.2) is 17.3 Å². The number of aliphatic hydroxyl groups is 3. The van der Waals surface area contributed by atoms with Gasteiger partial charge in [-0.05, 0) is 119 Å². The predicted octanol–water partition coefficient (Wildman–Crippen LogP) is 4.91. The van der Waals surface area contributed by atoms with Gasteiger partial charge in [-0.1, -0.05) is 77.1 Å². The lowest BCUT2D eigenvalue weighted by Crippen LogP contribution is -2.81. The summed E-state index contributed by atoms with van der Waals surface area (Å²) in [6.45, 7) is 17.3. The number of fused-ring (bicyclic) bond motifs is 6. The number of amides is 5. The number of para-hydroxylation sites is 1. The van der Waals surface area contributed by atoms with Crippen LogP contribution in [-0.4, -0.2) is 183 Å². The summed E-state index contributed by atoms with van der Waals surface area (Å²) in [5.41, 5.74) is 15.3. The molecule has 5 amide bonds. The van der Waals surface area contributed by atoms with E-state index in [1.165, 1.54) is 22.7 Å². The van der Waals surface area contributed by atoms with Crippen LogP contribution in [0.4, 0.5) is 11.4 Å². The maximum atomic E-state index is 15.5. The molecule has 6 aliphatic heterocycles. The Labute approximate surface area is 549 Å². The third-order valence-corrected chi connectivity index (χ3v) is 23.1. The number of aromatic amines is 1. The molecular formula is C70H94N12O10S. The number of imide groups is 1. The van der Waals surface area contributed by atoms with E-state index < -0.39 is 68.6 Å². The lowest BCUT2D eigenvalue weighted by Gasteiger charge is -2.63. The van der Waals surface area contributed by atoms with E-state index in [1.54, 1.807) is 59.1 Å². The Morgan fingerprint density at radius 3 is 2.42 bits per heavy atom. The number of aromatic nitrogens is 1. The average molecular weight is 1300 g/mol. The summed E-state index contributed by atoms with van der Waals surface area (Å²) in [6, 6.07) is 17.5. The number of ketones is 1. The molecule has 1 aliphatic carbocycles. The molecule has 11 rings (SSSR count). The number of aliphatic imine (C=N–C) groups is 1. The van der Waals surface area contributed by atoms with Crippen molar-refractivity contribution >= 4 is 81.0 Å². The molecule has 13 atom stereocenters. The van der Waals surface area contributed by atoms with Crippen molar-refractivity contribution in [3.63, 3.8) is 0 Å².